The molecule has 33 heavy (non-hydrogen) atoms. The molecular weight excluding hydrogens is 423 g/mol. The molecule has 170 valence electrons. The van der Waals surface area contributed by atoms with Gasteiger partial charge in [-0.05, 0) is 60.0 Å². The number of halogens is 1. The molecule has 0 atom stereocenters. The average Bonchev–Trinajstić information content (AvgIpc) is 2.83. The smallest absolute Gasteiger partial charge is 0.253 e. The number of carbonyl (C=O) groups is 2. The molecule has 0 saturated carbocycles. The minimum Gasteiger partial charge on any atom is -0.493 e. The molecule has 0 radical (unpaired) electrons. The van der Waals surface area contributed by atoms with E-state index >= 15 is 0 Å². The number of hydrogen-bond donors (Lipinski definition) is 2. The van der Waals surface area contributed by atoms with Crippen molar-refractivity contribution in [3.8, 4) is 11.5 Å². The number of ether oxygens (including phenoxy) is 2. The van der Waals surface area contributed by atoms with Gasteiger partial charge in [-0.15, -0.1) is 0 Å². The highest BCUT2D eigenvalue weighted by molar-refractivity contribution is 6.07. The normalized spacial score (nSPS) is 10.6. The van der Waals surface area contributed by atoms with Gasteiger partial charge in [0, 0.05) is 12.6 Å². The maximum absolute atomic E-state index is 13.0. The number of hydrogen-bond acceptors (Lipinski definition) is 4. The van der Waals surface area contributed by atoms with Crippen molar-refractivity contribution in [3.05, 3.63) is 95.3 Å². The van der Waals surface area contributed by atoms with Crippen LogP contribution in [0.2, 0.25) is 0 Å². The van der Waals surface area contributed by atoms with Gasteiger partial charge < -0.3 is 20.1 Å². The molecule has 0 aliphatic carbocycles. The number of amides is 2. The molecule has 0 saturated heterocycles. The SMILES string of the molecule is COc1ccc(CCNC(=O)c2ccccc2NC(=O)/C=C/c2ccc(F)cc2)cc1OC. The Morgan fingerprint density at radius 1 is 0.939 bits per heavy atom. The number of carbonyl (C=O) groups excluding carboxylic acids is 2. The number of anilines is 1. The Morgan fingerprint density at radius 2 is 1.67 bits per heavy atom. The molecule has 2 N–H and O–H groups in total. The van der Waals surface area contributed by atoms with E-state index < -0.39 is 5.91 Å². The highest BCUT2D eigenvalue weighted by Crippen LogP contribution is 2.27. The van der Waals surface area contributed by atoms with Crippen LogP contribution in [0.4, 0.5) is 10.1 Å². The minimum atomic E-state index is -0.398. The molecule has 0 aliphatic heterocycles. The third kappa shape index (κ3) is 6.67. The van der Waals surface area contributed by atoms with Gasteiger partial charge in [0.25, 0.3) is 5.91 Å². The second-order valence-corrected chi connectivity index (χ2v) is 7.11. The maximum Gasteiger partial charge on any atom is 0.253 e. The fourth-order valence-corrected chi connectivity index (χ4v) is 3.16. The van der Waals surface area contributed by atoms with Crippen LogP contribution in [0.25, 0.3) is 6.08 Å². The number of nitrogens with one attached hydrogen (secondary N) is 2. The average molecular weight is 448 g/mol. The van der Waals surface area contributed by atoms with Gasteiger partial charge in [-0.2, -0.15) is 0 Å². The lowest BCUT2D eigenvalue weighted by Gasteiger charge is -2.12. The first-order valence-corrected chi connectivity index (χ1v) is 10.3. The fourth-order valence-electron chi connectivity index (χ4n) is 3.16. The first kappa shape index (κ1) is 23.5. The van der Waals surface area contributed by atoms with Crippen molar-refractivity contribution < 1.29 is 23.5 Å². The van der Waals surface area contributed by atoms with Crippen LogP contribution in [-0.2, 0) is 11.2 Å². The van der Waals surface area contributed by atoms with Crippen molar-refractivity contribution in [1.29, 1.82) is 0 Å². The zero-order valence-electron chi connectivity index (χ0n) is 18.4. The van der Waals surface area contributed by atoms with E-state index in [-0.39, 0.29) is 11.7 Å². The highest BCUT2D eigenvalue weighted by atomic mass is 19.1. The fraction of sp³-hybridized carbons (Fsp3) is 0.154. The molecule has 3 aromatic rings. The third-order valence-electron chi connectivity index (χ3n) is 4.87. The molecule has 7 heteroatoms. The van der Waals surface area contributed by atoms with Gasteiger partial charge in [-0.25, -0.2) is 4.39 Å². The van der Waals surface area contributed by atoms with Gasteiger partial charge in [0.15, 0.2) is 11.5 Å². The predicted octanol–water partition coefficient (Wildman–Crippen LogP) is 4.47. The van der Waals surface area contributed by atoms with Crippen LogP contribution in [0.15, 0.2) is 72.8 Å². The van der Waals surface area contributed by atoms with Crippen molar-refractivity contribution in [1.82, 2.24) is 5.32 Å². The van der Waals surface area contributed by atoms with E-state index in [1.807, 2.05) is 18.2 Å². The number of rotatable bonds is 9. The van der Waals surface area contributed by atoms with Gasteiger partial charge in [0.05, 0.1) is 25.5 Å². The monoisotopic (exact) mass is 448 g/mol. The van der Waals surface area contributed by atoms with E-state index in [1.165, 1.54) is 18.2 Å². The lowest BCUT2D eigenvalue weighted by atomic mass is 10.1. The Balaban J connectivity index is 1.59. The molecule has 2 amide bonds. The van der Waals surface area contributed by atoms with E-state index in [2.05, 4.69) is 10.6 Å². The van der Waals surface area contributed by atoms with Crippen LogP contribution in [0.3, 0.4) is 0 Å². The van der Waals surface area contributed by atoms with Crippen LogP contribution in [0.5, 0.6) is 11.5 Å². The largest absolute Gasteiger partial charge is 0.493 e. The highest BCUT2D eigenvalue weighted by Gasteiger charge is 2.12. The molecule has 0 aliphatic rings. The zero-order valence-corrected chi connectivity index (χ0v) is 18.4. The summed E-state index contributed by atoms with van der Waals surface area (Å²) in [6.07, 6.45) is 3.50. The molecular formula is C26H25FN2O4. The molecule has 6 nitrogen and oxygen atoms in total. The Kier molecular flexibility index (Phi) is 8.18. The van der Waals surface area contributed by atoms with Gasteiger partial charge in [0.2, 0.25) is 5.91 Å². The van der Waals surface area contributed by atoms with Crippen LogP contribution in [0.1, 0.15) is 21.5 Å². The molecule has 0 fully saturated rings. The summed E-state index contributed by atoms with van der Waals surface area (Å²) in [5, 5.41) is 5.59. The topological polar surface area (TPSA) is 76.7 Å². The van der Waals surface area contributed by atoms with Crippen LogP contribution in [0, 0.1) is 5.82 Å². The molecule has 3 rings (SSSR count). The number of benzene rings is 3. The van der Waals surface area contributed by atoms with E-state index in [1.54, 1.807) is 56.7 Å². The maximum atomic E-state index is 13.0. The first-order valence-electron chi connectivity index (χ1n) is 10.3. The van der Waals surface area contributed by atoms with Gasteiger partial charge >= 0.3 is 0 Å². The summed E-state index contributed by atoms with van der Waals surface area (Å²) in [6.45, 7) is 0.404. The molecule has 0 aromatic heterocycles. The molecule has 0 unspecified atom stereocenters. The first-order chi connectivity index (χ1) is 16.0. The van der Waals surface area contributed by atoms with Crippen LogP contribution < -0.4 is 20.1 Å². The Hall–Kier alpha value is -4.13. The Labute approximate surface area is 192 Å². The van der Waals surface area contributed by atoms with E-state index in [0.717, 1.165) is 5.56 Å². The van der Waals surface area contributed by atoms with Crippen molar-refractivity contribution in [2.45, 2.75) is 6.42 Å². The van der Waals surface area contributed by atoms with Crippen molar-refractivity contribution in [3.63, 3.8) is 0 Å². The second kappa shape index (κ2) is 11.5. The second-order valence-electron chi connectivity index (χ2n) is 7.11. The summed E-state index contributed by atoms with van der Waals surface area (Å²) in [6, 6.07) is 18.1. The Bertz CT molecular complexity index is 1140. The standard InChI is InChI=1S/C26H25FN2O4/c1-32-23-13-9-19(17-24(23)33-2)15-16-28-26(31)21-5-3-4-6-22(21)29-25(30)14-10-18-7-11-20(27)12-8-18/h3-14,17H,15-16H2,1-2H3,(H,28,31)(H,29,30)/b14-10+. The van der Waals surface area contributed by atoms with Crippen molar-refractivity contribution in [2.24, 2.45) is 0 Å². The zero-order chi connectivity index (χ0) is 23.6. The van der Waals surface area contributed by atoms with Crippen LogP contribution in [-0.4, -0.2) is 32.6 Å². The quantitative estimate of drug-likeness (QED) is 0.474. The molecule has 0 spiro atoms. The van der Waals surface area contributed by atoms with Crippen molar-refractivity contribution >= 4 is 23.6 Å². The predicted molar refractivity (Wildman–Crippen MR) is 126 cm³/mol. The lowest BCUT2D eigenvalue weighted by molar-refractivity contribution is -0.111. The summed E-state index contributed by atoms with van der Waals surface area (Å²) >= 11 is 0. The summed E-state index contributed by atoms with van der Waals surface area (Å²) in [5.41, 5.74) is 2.43. The van der Waals surface area contributed by atoms with Gasteiger partial charge in [-0.1, -0.05) is 30.3 Å². The lowest BCUT2D eigenvalue weighted by Crippen LogP contribution is -2.27. The Morgan fingerprint density at radius 3 is 2.39 bits per heavy atom. The number of para-hydroxylation sites is 1. The summed E-state index contributed by atoms with van der Waals surface area (Å²) in [4.78, 5) is 25.0. The molecule has 0 bridgehead atoms. The van der Waals surface area contributed by atoms with Gasteiger partial charge in [-0.3, -0.25) is 9.59 Å². The summed E-state index contributed by atoms with van der Waals surface area (Å²) in [5.74, 6) is 0.230. The molecule has 3 aromatic carbocycles. The van der Waals surface area contributed by atoms with Crippen molar-refractivity contribution in [2.75, 3.05) is 26.1 Å². The van der Waals surface area contributed by atoms with E-state index in [4.69, 9.17) is 9.47 Å². The minimum absolute atomic E-state index is 0.297. The van der Waals surface area contributed by atoms with E-state index in [9.17, 15) is 14.0 Å². The van der Waals surface area contributed by atoms with Gasteiger partial charge in [0.1, 0.15) is 5.82 Å². The van der Waals surface area contributed by atoms with Crippen LogP contribution >= 0.6 is 0 Å². The molecule has 0 heterocycles. The summed E-state index contributed by atoms with van der Waals surface area (Å²) < 4.78 is 23.5. The van der Waals surface area contributed by atoms with E-state index in [0.29, 0.717) is 41.3 Å². The third-order valence-corrected chi connectivity index (χ3v) is 4.87. The summed E-state index contributed by atoms with van der Waals surface area (Å²) in [7, 11) is 3.15. The number of methoxy groups -OCH3 is 2.